The minimum Gasteiger partial charge on any atom is -0.435 e. The Bertz CT molecular complexity index is 822. The summed E-state index contributed by atoms with van der Waals surface area (Å²) in [5.41, 5.74) is 2.39. The van der Waals surface area contributed by atoms with Gasteiger partial charge >= 0.3 is 8.38 Å². The van der Waals surface area contributed by atoms with E-state index in [2.05, 4.69) is 84.0 Å². The Morgan fingerprint density at radius 3 is 1.57 bits per heavy atom. The maximum Gasteiger partial charge on any atom is 0.325 e. The summed E-state index contributed by atoms with van der Waals surface area (Å²) in [5, 5.41) is 1.13. The van der Waals surface area contributed by atoms with Crippen LogP contribution in [-0.2, 0) is 10.8 Å². The van der Waals surface area contributed by atoms with Crippen LogP contribution in [0.25, 0.3) is 0 Å². The third kappa shape index (κ3) is 4.86. The summed E-state index contributed by atoms with van der Waals surface area (Å²) in [6.07, 6.45) is 7.42. The summed E-state index contributed by atoms with van der Waals surface area (Å²) in [6, 6.07) is 16.6. The van der Waals surface area contributed by atoms with E-state index in [-0.39, 0.29) is 10.8 Å². The van der Waals surface area contributed by atoms with Crippen LogP contribution >= 0.6 is 8.38 Å². The van der Waals surface area contributed by atoms with E-state index in [0.29, 0.717) is 0 Å². The third-order valence-electron chi connectivity index (χ3n) is 4.72. The van der Waals surface area contributed by atoms with Crippen molar-refractivity contribution in [3.63, 3.8) is 0 Å². The van der Waals surface area contributed by atoms with Gasteiger partial charge in [-0.05, 0) is 40.5 Å². The van der Waals surface area contributed by atoms with Gasteiger partial charge in [0.1, 0.15) is 11.5 Å². The van der Waals surface area contributed by atoms with Crippen LogP contribution in [-0.4, -0.2) is 0 Å². The number of benzene rings is 2. The molecule has 0 saturated carbocycles. The van der Waals surface area contributed by atoms with Crippen molar-refractivity contribution in [2.45, 2.75) is 58.8 Å². The summed E-state index contributed by atoms with van der Waals surface area (Å²) < 4.78 is 13.1. The lowest BCUT2D eigenvalue weighted by molar-refractivity contribution is 0.466. The molecule has 3 rings (SSSR count). The van der Waals surface area contributed by atoms with Crippen molar-refractivity contribution in [3.8, 4) is 11.5 Å². The van der Waals surface area contributed by atoms with Crippen LogP contribution in [0.15, 0.2) is 72.1 Å². The van der Waals surface area contributed by atoms with E-state index in [4.69, 9.17) is 9.05 Å². The molecule has 0 saturated heterocycles. The van der Waals surface area contributed by atoms with Crippen molar-refractivity contribution in [2.75, 3.05) is 0 Å². The Hall–Kier alpha value is -2.05. The zero-order valence-corrected chi connectivity index (χ0v) is 18.7. The van der Waals surface area contributed by atoms with Crippen molar-refractivity contribution in [1.82, 2.24) is 0 Å². The molecule has 0 aromatic heterocycles. The Balaban J connectivity index is 1.97. The molecule has 1 aliphatic carbocycles. The highest BCUT2D eigenvalue weighted by Crippen LogP contribution is 2.52. The molecular formula is C25H31O2P. The maximum atomic E-state index is 6.55. The first-order valence-corrected chi connectivity index (χ1v) is 11.1. The van der Waals surface area contributed by atoms with Crippen LogP contribution in [0.5, 0.6) is 11.5 Å². The first kappa shape index (κ1) is 20.7. The van der Waals surface area contributed by atoms with E-state index < -0.39 is 8.38 Å². The zero-order chi connectivity index (χ0) is 20.4. The van der Waals surface area contributed by atoms with Gasteiger partial charge in [0.05, 0.1) is 5.31 Å². The number of hydrogen-bond acceptors (Lipinski definition) is 2. The molecule has 2 nitrogen and oxygen atoms in total. The monoisotopic (exact) mass is 394 g/mol. The summed E-state index contributed by atoms with van der Waals surface area (Å²) in [5.74, 6) is 1.80. The van der Waals surface area contributed by atoms with Crippen molar-refractivity contribution in [3.05, 3.63) is 83.2 Å². The summed E-state index contributed by atoms with van der Waals surface area (Å²) in [4.78, 5) is 0. The predicted octanol–water partition coefficient (Wildman–Crippen LogP) is 7.90. The Morgan fingerprint density at radius 2 is 1.18 bits per heavy atom. The SMILES string of the molecule is CC(C)(C)c1ccccc1OP(Oc1ccccc1C(C)(C)C)C1=CCC=C1. The molecule has 0 unspecified atom stereocenters. The van der Waals surface area contributed by atoms with Crippen LogP contribution in [0.4, 0.5) is 0 Å². The van der Waals surface area contributed by atoms with Crippen molar-refractivity contribution in [1.29, 1.82) is 0 Å². The average Bonchev–Trinajstić information content (AvgIpc) is 3.15. The first-order chi connectivity index (χ1) is 13.2. The van der Waals surface area contributed by atoms with E-state index >= 15 is 0 Å². The zero-order valence-electron chi connectivity index (χ0n) is 17.8. The van der Waals surface area contributed by atoms with Crippen LogP contribution in [0.3, 0.4) is 0 Å². The van der Waals surface area contributed by atoms with Crippen LogP contribution < -0.4 is 9.05 Å². The molecule has 1 aliphatic rings. The smallest absolute Gasteiger partial charge is 0.325 e. The van der Waals surface area contributed by atoms with Crippen LogP contribution in [0.1, 0.15) is 59.1 Å². The van der Waals surface area contributed by atoms with E-state index in [1.807, 2.05) is 24.3 Å². The van der Waals surface area contributed by atoms with Gasteiger partial charge in [-0.2, -0.15) is 0 Å². The van der Waals surface area contributed by atoms with Gasteiger partial charge in [0.2, 0.25) is 0 Å². The molecule has 0 N–H and O–H groups in total. The number of allylic oxidation sites excluding steroid dienone is 4. The summed E-state index contributed by atoms with van der Waals surface area (Å²) in [7, 11) is -1.27. The molecule has 148 valence electrons. The predicted molar refractivity (Wildman–Crippen MR) is 120 cm³/mol. The first-order valence-electron chi connectivity index (χ1n) is 9.88. The van der Waals surface area contributed by atoms with Gasteiger partial charge in [-0.25, -0.2) is 0 Å². The van der Waals surface area contributed by atoms with Gasteiger partial charge in [-0.3, -0.25) is 0 Å². The van der Waals surface area contributed by atoms with Crippen molar-refractivity contribution in [2.24, 2.45) is 0 Å². The molecule has 0 fully saturated rings. The Morgan fingerprint density at radius 1 is 0.714 bits per heavy atom. The lowest BCUT2D eigenvalue weighted by atomic mass is 9.86. The van der Waals surface area contributed by atoms with E-state index in [0.717, 1.165) is 23.2 Å². The minimum atomic E-state index is -1.27. The fraction of sp³-hybridized carbons (Fsp3) is 0.360. The van der Waals surface area contributed by atoms with E-state index in [1.54, 1.807) is 0 Å². The van der Waals surface area contributed by atoms with Gasteiger partial charge in [-0.15, -0.1) is 0 Å². The van der Waals surface area contributed by atoms with Gasteiger partial charge in [0.15, 0.2) is 0 Å². The van der Waals surface area contributed by atoms with Gasteiger partial charge in [0.25, 0.3) is 0 Å². The molecule has 28 heavy (non-hydrogen) atoms. The number of rotatable bonds is 5. The van der Waals surface area contributed by atoms with Crippen molar-refractivity contribution < 1.29 is 9.05 Å². The van der Waals surface area contributed by atoms with Gasteiger partial charge in [0, 0.05) is 0 Å². The second kappa shape index (κ2) is 8.13. The Labute approximate surface area is 171 Å². The number of hydrogen-bond donors (Lipinski definition) is 0. The highest BCUT2D eigenvalue weighted by molar-refractivity contribution is 7.53. The average molecular weight is 394 g/mol. The second-order valence-electron chi connectivity index (χ2n) is 9.20. The molecule has 2 aromatic rings. The highest BCUT2D eigenvalue weighted by Gasteiger charge is 2.27. The lowest BCUT2D eigenvalue weighted by Gasteiger charge is -2.28. The Kier molecular flexibility index (Phi) is 6.01. The molecule has 0 heterocycles. The largest absolute Gasteiger partial charge is 0.435 e. The van der Waals surface area contributed by atoms with Gasteiger partial charge < -0.3 is 9.05 Å². The normalized spacial score (nSPS) is 14.3. The summed E-state index contributed by atoms with van der Waals surface area (Å²) in [6.45, 7) is 13.3. The lowest BCUT2D eigenvalue weighted by Crippen LogP contribution is -2.14. The quantitative estimate of drug-likeness (QED) is 0.480. The standard InChI is InChI=1S/C25H31O2P/c1-24(2,3)20-15-9-11-17-22(20)26-28(19-13-7-8-14-19)27-23-18-12-10-16-21(23)25(4,5)6/h7,9-18H,8H2,1-6H3. The molecule has 0 spiro atoms. The van der Waals surface area contributed by atoms with Crippen LogP contribution in [0, 0.1) is 0 Å². The molecule has 0 atom stereocenters. The maximum absolute atomic E-state index is 6.55. The van der Waals surface area contributed by atoms with Gasteiger partial charge in [-0.1, -0.05) is 96.2 Å². The molecule has 0 aliphatic heterocycles. The molecule has 3 heteroatoms. The molecule has 0 amide bonds. The third-order valence-corrected chi connectivity index (χ3v) is 6.19. The highest BCUT2D eigenvalue weighted by atomic mass is 31.2. The topological polar surface area (TPSA) is 18.5 Å². The molecule has 2 aromatic carbocycles. The minimum absolute atomic E-state index is 0.000803. The second-order valence-corrected chi connectivity index (χ2v) is 10.6. The number of para-hydroxylation sites is 2. The summed E-state index contributed by atoms with van der Waals surface area (Å²) >= 11 is 0. The van der Waals surface area contributed by atoms with Crippen LogP contribution in [0.2, 0.25) is 0 Å². The van der Waals surface area contributed by atoms with E-state index in [1.165, 1.54) is 11.1 Å². The fourth-order valence-corrected chi connectivity index (χ4v) is 4.62. The molecular weight excluding hydrogens is 363 g/mol. The fourth-order valence-electron chi connectivity index (χ4n) is 3.22. The van der Waals surface area contributed by atoms with Crippen molar-refractivity contribution >= 4 is 8.38 Å². The van der Waals surface area contributed by atoms with E-state index in [9.17, 15) is 0 Å². The molecule has 0 bridgehead atoms. The molecule has 0 radical (unpaired) electrons.